The van der Waals surface area contributed by atoms with E-state index in [4.69, 9.17) is 11.6 Å². The Kier molecular flexibility index (Phi) is 6.34. The molecule has 0 bridgehead atoms. The second kappa shape index (κ2) is 9.32. The average molecular weight is 450 g/mol. The number of thioether (sulfide) groups is 1. The van der Waals surface area contributed by atoms with Gasteiger partial charge < -0.3 is 5.32 Å². The fraction of sp³-hybridized carbons (Fsp3) is 0.130. The summed E-state index contributed by atoms with van der Waals surface area (Å²) >= 11 is 7.40. The van der Waals surface area contributed by atoms with Crippen LogP contribution in [0.1, 0.15) is 12.5 Å². The Bertz CT molecular complexity index is 1190. The molecular weight excluding hydrogens is 430 g/mol. The Hall–Kier alpha value is -3.16. The lowest BCUT2D eigenvalue weighted by Crippen LogP contribution is -2.23. The van der Waals surface area contributed by atoms with Gasteiger partial charge in [-0.15, -0.1) is 10.2 Å². The molecule has 0 fully saturated rings. The molecule has 2 aromatic heterocycles. The number of benzene rings is 2. The summed E-state index contributed by atoms with van der Waals surface area (Å²) in [6.45, 7) is 3.86. The lowest BCUT2D eigenvalue weighted by Gasteiger charge is -2.14. The van der Waals surface area contributed by atoms with E-state index in [-0.39, 0.29) is 11.1 Å². The summed E-state index contributed by atoms with van der Waals surface area (Å²) in [4.78, 5) is 16.8. The van der Waals surface area contributed by atoms with Crippen molar-refractivity contribution in [2.24, 2.45) is 0 Å². The van der Waals surface area contributed by atoms with Crippen LogP contribution in [0.5, 0.6) is 0 Å². The molecule has 2 heterocycles. The molecule has 0 spiro atoms. The van der Waals surface area contributed by atoms with Crippen LogP contribution < -0.4 is 5.32 Å². The van der Waals surface area contributed by atoms with Crippen LogP contribution in [-0.2, 0) is 4.79 Å². The lowest BCUT2D eigenvalue weighted by molar-refractivity contribution is -0.115. The molecule has 1 N–H and O–H groups in total. The van der Waals surface area contributed by atoms with Gasteiger partial charge in [0.25, 0.3) is 0 Å². The average Bonchev–Trinajstić information content (AvgIpc) is 3.20. The van der Waals surface area contributed by atoms with Crippen molar-refractivity contribution in [3.63, 3.8) is 0 Å². The van der Waals surface area contributed by atoms with Gasteiger partial charge in [-0.1, -0.05) is 71.4 Å². The van der Waals surface area contributed by atoms with Crippen LogP contribution in [0, 0.1) is 6.92 Å². The number of halogens is 1. The van der Waals surface area contributed by atoms with E-state index in [9.17, 15) is 4.79 Å². The fourth-order valence-corrected chi connectivity index (χ4v) is 4.01. The SMILES string of the molecule is Cc1ccc(-n2c(SC(C)C(=O)Nc3cccnc3Cl)nnc2-c2ccccc2)cc1. The van der Waals surface area contributed by atoms with Gasteiger partial charge in [0.1, 0.15) is 0 Å². The first kappa shape index (κ1) is 21.1. The van der Waals surface area contributed by atoms with Crippen molar-refractivity contribution in [1.82, 2.24) is 19.7 Å². The lowest BCUT2D eigenvalue weighted by atomic mass is 10.2. The summed E-state index contributed by atoms with van der Waals surface area (Å²) in [6, 6.07) is 21.4. The van der Waals surface area contributed by atoms with Crippen molar-refractivity contribution in [3.05, 3.63) is 83.6 Å². The van der Waals surface area contributed by atoms with E-state index < -0.39 is 5.25 Å². The predicted octanol–water partition coefficient (Wildman–Crippen LogP) is 5.41. The molecular formula is C23H20ClN5OS. The highest BCUT2D eigenvalue weighted by Gasteiger charge is 2.22. The summed E-state index contributed by atoms with van der Waals surface area (Å²) in [5, 5.41) is 12.1. The minimum absolute atomic E-state index is 0.195. The number of hydrogen-bond acceptors (Lipinski definition) is 5. The molecule has 0 aliphatic carbocycles. The van der Waals surface area contributed by atoms with Gasteiger partial charge in [0, 0.05) is 17.4 Å². The predicted molar refractivity (Wildman–Crippen MR) is 125 cm³/mol. The second-order valence-corrected chi connectivity index (χ2v) is 8.60. The fourth-order valence-electron chi connectivity index (χ4n) is 2.97. The molecule has 2 aromatic carbocycles. The quantitative estimate of drug-likeness (QED) is 0.314. The standard InChI is InChI=1S/C23H20ClN5OS/c1-15-10-12-18(13-11-15)29-21(17-7-4-3-5-8-17)27-28-23(29)31-16(2)22(30)26-19-9-6-14-25-20(19)24/h3-14,16H,1-2H3,(H,26,30). The van der Waals surface area contributed by atoms with E-state index in [0.29, 0.717) is 10.8 Å². The van der Waals surface area contributed by atoms with Crippen molar-refractivity contribution in [2.75, 3.05) is 5.32 Å². The highest BCUT2D eigenvalue weighted by Crippen LogP contribution is 2.31. The number of pyridine rings is 1. The molecule has 0 aliphatic rings. The summed E-state index contributed by atoms with van der Waals surface area (Å²) < 4.78 is 1.97. The Morgan fingerprint density at radius 2 is 1.77 bits per heavy atom. The molecule has 0 saturated carbocycles. The van der Waals surface area contributed by atoms with Crippen molar-refractivity contribution < 1.29 is 4.79 Å². The van der Waals surface area contributed by atoms with E-state index in [1.165, 1.54) is 11.8 Å². The maximum atomic E-state index is 12.8. The zero-order valence-electron chi connectivity index (χ0n) is 17.0. The van der Waals surface area contributed by atoms with Gasteiger partial charge in [-0.25, -0.2) is 4.98 Å². The minimum Gasteiger partial charge on any atom is -0.322 e. The van der Waals surface area contributed by atoms with Crippen LogP contribution in [0.2, 0.25) is 5.15 Å². The number of aromatic nitrogens is 4. The Labute approximate surface area is 189 Å². The van der Waals surface area contributed by atoms with Crippen LogP contribution in [0.25, 0.3) is 17.1 Å². The van der Waals surface area contributed by atoms with Gasteiger partial charge in [-0.05, 0) is 38.1 Å². The van der Waals surface area contributed by atoms with Crippen LogP contribution in [-0.4, -0.2) is 30.9 Å². The number of nitrogens with zero attached hydrogens (tertiary/aromatic N) is 4. The second-order valence-electron chi connectivity index (χ2n) is 6.93. The monoisotopic (exact) mass is 449 g/mol. The van der Waals surface area contributed by atoms with E-state index in [1.54, 1.807) is 18.3 Å². The maximum absolute atomic E-state index is 12.8. The van der Waals surface area contributed by atoms with E-state index in [1.807, 2.05) is 73.0 Å². The third-order valence-electron chi connectivity index (χ3n) is 4.63. The number of carbonyl (C=O) groups excluding carboxylic acids is 1. The van der Waals surface area contributed by atoms with Gasteiger partial charge in [0.15, 0.2) is 16.1 Å². The molecule has 6 nitrogen and oxygen atoms in total. The number of amides is 1. The van der Waals surface area contributed by atoms with Crippen LogP contribution in [0.15, 0.2) is 78.1 Å². The van der Waals surface area contributed by atoms with Crippen LogP contribution >= 0.6 is 23.4 Å². The number of hydrogen-bond donors (Lipinski definition) is 1. The van der Waals surface area contributed by atoms with Crippen molar-refractivity contribution in [3.8, 4) is 17.1 Å². The van der Waals surface area contributed by atoms with Gasteiger partial charge in [0.2, 0.25) is 5.91 Å². The molecule has 156 valence electrons. The molecule has 1 amide bonds. The maximum Gasteiger partial charge on any atom is 0.237 e. The molecule has 1 atom stereocenters. The van der Waals surface area contributed by atoms with Crippen LogP contribution in [0.4, 0.5) is 5.69 Å². The van der Waals surface area contributed by atoms with Gasteiger partial charge >= 0.3 is 0 Å². The summed E-state index contributed by atoms with van der Waals surface area (Å²) in [6.07, 6.45) is 1.57. The van der Waals surface area contributed by atoms with Crippen molar-refractivity contribution >= 4 is 35.0 Å². The molecule has 4 aromatic rings. The first-order valence-corrected chi connectivity index (χ1v) is 10.9. The van der Waals surface area contributed by atoms with Crippen molar-refractivity contribution in [1.29, 1.82) is 0 Å². The van der Waals surface area contributed by atoms with Gasteiger partial charge in [0.05, 0.1) is 10.9 Å². The molecule has 8 heteroatoms. The molecule has 4 rings (SSSR count). The molecule has 0 aliphatic heterocycles. The molecule has 31 heavy (non-hydrogen) atoms. The van der Waals surface area contributed by atoms with Gasteiger partial charge in [-0.2, -0.15) is 0 Å². The Morgan fingerprint density at radius 3 is 2.48 bits per heavy atom. The first-order valence-electron chi connectivity index (χ1n) is 9.69. The van der Waals surface area contributed by atoms with Crippen LogP contribution in [0.3, 0.4) is 0 Å². The first-order chi connectivity index (χ1) is 15.0. The van der Waals surface area contributed by atoms with Gasteiger partial charge in [-0.3, -0.25) is 9.36 Å². The normalized spacial score (nSPS) is 11.8. The smallest absolute Gasteiger partial charge is 0.237 e. The topological polar surface area (TPSA) is 72.7 Å². The molecule has 0 saturated heterocycles. The largest absolute Gasteiger partial charge is 0.322 e. The third-order valence-corrected chi connectivity index (χ3v) is 5.97. The Morgan fingerprint density at radius 1 is 1.03 bits per heavy atom. The number of aryl methyl sites for hydroxylation is 1. The number of rotatable bonds is 6. The number of carbonyl (C=O) groups is 1. The van der Waals surface area contributed by atoms with Crippen molar-refractivity contribution in [2.45, 2.75) is 24.3 Å². The van der Waals surface area contributed by atoms with E-state index in [2.05, 4.69) is 20.5 Å². The minimum atomic E-state index is -0.437. The Balaban J connectivity index is 1.65. The molecule has 0 radical (unpaired) electrons. The zero-order valence-corrected chi connectivity index (χ0v) is 18.6. The third kappa shape index (κ3) is 4.78. The highest BCUT2D eigenvalue weighted by molar-refractivity contribution is 8.00. The summed E-state index contributed by atoms with van der Waals surface area (Å²) in [7, 11) is 0. The van der Waals surface area contributed by atoms with E-state index >= 15 is 0 Å². The molecule has 1 unspecified atom stereocenters. The summed E-state index contributed by atoms with van der Waals surface area (Å²) in [5.41, 5.74) is 3.52. The zero-order chi connectivity index (χ0) is 21.8. The number of nitrogens with one attached hydrogen (secondary N) is 1. The highest BCUT2D eigenvalue weighted by atomic mass is 35.5. The van der Waals surface area contributed by atoms with E-state index in [0.717, 1.165) is 22.6 Å². The number of anilines is 1. The summed E-state index contributed by atoms with van der Waals surface area (Å²) in [5.74, 6) is 0.523.